The van der Waals surface area contributed by atoms with Gasteiger partial charge in [-0.25, -0.2) is 0 Å². The number of aryl methyl sites for hydroxylation is 2. The van der Waals surface area contributed by atoms with Crippen molar-refractivity contribution in [2.45, 2.75) is 126 Å². The van der Waals surface area contributed by atoms with Crippen LogP contribution in [0.1, 0.15) is 128 Å². The second-order valence-electron chi connectivity index (χ2n) is 11.7. The van der Waals surface area contributed by atoms with Crippen LogP contribution in [0.5, 0.6) is 0 Å². The largest absolute Gasteiger partial charge is 0.0992 e. The molecule has 0 radical (unpaired) electrons. The highest BCUT2D eigenvalue weighted by Crippen LogP contribution is 2.48. The van der Waals surface area contributed by atoms with Crippen molar-refractivity contribution in [3.8, 4) is 0 Å². The predicted molar refractivity (Wildman–Crippen MR) is 145 cm³/mol. The van der Waals surface area contributed by atoms with Gasteiger partial charge in [0, 0.05) is 5.92 Å². The van der Waals surface area contributed by atoms with Gasteiger partial charge in [-0.05, 0) is 91.9 Å². The van der Waals surface area contributed by atoms with E-state index in [1.165, 1.54) is 74.5 Å². The third-order valence-corrected chi connectivity index (χ3v) is 7.91. The molecule has 0 N–H and O–H groups in total. The number of hydrogen-bond donors (Lipinski definition) is 0. The minimum Gasteiger partial charge on any atom is -0.0992 e. The highest BCUT2D eigenvalue weighted by atomic mass is 14.4. The van der Waals surface area contributed by atoms with E-state index in [-0.39, 0.29) is 0 Å². The van der Waals surface area contributed by atoms with Gasteiger partial charge in [-0.3, -0.25) is 0 Å². The van der Waals surface area contributed by atoms with Crippen molar-refractivity contribution >= 4 is 0 Å². The topological polar surface area (TPSA) is 0 Å². The van der Waals surface area contributed by atoms with Crippen LogP contribution in [0.3, 0.4) is 0 Å². The predicted octanol–water partition coefficient (Wildman–Crippen LogP) is 10.1. The first-order valence-electron chi connectivity index (χ1n) is 13.6. The third-order valence-electron chi connectivity index (χ3n) is 7.91. The molecule has 0 heterocycles. The molecule has 0 saturated heterocycles. The van der Waals surface area contributed by atoms with Gasteiger partial charge in [0.05, 0.1) is 0 Å². The SMILES string of the molecule is C=C(Cc1cc(CCC)cc(C)c1C1C=C(C)CCC1C(C)(C)C)C(CC)CCCCC. The maximum absolute atomic E-state index is 4.66. The zero-order valence-electron chi connectivity index (χ0n) is 22.7. The molecule has 0 bridgehead atoms. The molecule has 0 aromatic heterocycles. The summed E-state index contributed by atoms with van der Waals surface area (Å²) in [5.41, 5.74) is 9.55. The lowest BCUT2D eigenvalue weighted by atomic mass is 9.64. The molecule has 3 atom stereocenters. The monoisotopic (exact) mass is 436 g/mol. The van der Waals surface area contributed by atoms with E-state index < -0.39 is 0 Å². The Labute approximate surface area is 201 Å². The molecular weight excluding hydrogens is 384 g/mol. The first-order chi connectivity index (χ1) is 15.1. The molecule has 3 unspecified atom stereocenters. The quantitative estimate of drug-likeness (QED) is 0.239. The Morgan fingerprint density at radius 3 is 2.38 bits per heavy atom. The first kappa shape index (κ1) is 26.9. The van der Waals surface area contributed by atoms with Gasteiger partial charge >= 0.3 is 0 Å². The van der Waals surface area contributed by atoms with E-state index in [2.05, 4.69) is 80.2 Å². The Balaban J connectivity index is 2.48. The van der Waals surface area contributed by atoms with Crippen molar-refractivity contribution in [1.29, 1.82) is 0 Å². The second-order valence-corrected chi connectivity index (χ2v) is 11.7. The minimum absolute atomic E-state index is 0.316. The Morgan fingerprint density at radius 1 is 1.06 bits per heavy atom. The first-order valence-corrected chi connectivity index (χ1v) is 13.6. The Hall–Kier alpha value is -1.30. The molecule has 0 aliphatic heterocycles. The molecule has 2 rings (SSSR count). The summed E-state index contributed by atoms with van der Waals surface area (Å²) in [6.45, 7) is 23.7. The second kappa shape index (κ2) is 12.2. The number of hydrogen-bond acceptors (Lipinski definition) is 0. The summed E-state index contributed by atoms with van der Waals surface area (Å²) in [6, 6.07) is 5.04. The van der Waals surface area contributed by atoms with Gasteiger partial charge in [-0.2, -0.15) is 0 Å². The molecule has 0 nitrogen and oxygen atoms in total. The lowest BCUT2D eigenvalue weighted by Crippen LogP contribution is -2.29. The summed E-state index contributed by atoms with van der Waals surface area (Å²) in [6.07, 6.45) is 15.1. The van der Waals surface area contributed by atoms with E-state index >= 15 is 0 Å². The molecule has 1 aliphatic rings. The zero-order valence-corrected chi connectivity index (χ0v) is 22.7. The van der Waals surface area contributed by atoms with Crippen molar-refractivity contribution in [2.75, 3.05) is 0 Å². The van der Waals surface area contributed by atoms with Gasteiger partial charge in [0.1, 0.15) is 0 Å². The fourth-order valence-electron chi connectivity index (χ4n) is 6.06. The van der Waals surface area contributed by atoms with Crippen LogP contribution in [0.15, 0.2) is 35.9 Å². The molecule has 1 aliphatic carbocycles. The maximum Gasteiger partial charge on any atom is 0.00594 e. The van der Waals surface area contributed by atoms with E-state index in [0.29, 0.717) is 23.2 Å². The molecule has 0 fully saturated rings. The van der Waals surface area contributed by atoms with E-state index in [1.54, 1.807) is 16.7 Å². The van der Waals surface area contributed by atoms with Crippen molar-refractivity contribution < 1.29 is 0 Å². The van der Waals surface area contributed by atoms with Crippen LogP contribution in [0, 0.1) is 24.2 Å². The Kier molecular flexibility index (Phi) is 10.3. The fourth-order valence-corrected chi connectivity index (χ4v) is 6.06. The van der Waals surface area contributed by atoms with Crippen molar-refractivity contribution in [3.63, 3.8) is 0 Å². The summed E-state index contributed by atoms with van der Waals surface area (Å²) < 4.78 is 0. The van der Waals surface area contributed by atoms with Gasteiger partial charge in [-0.1, -0.05) is 103 Å². The van der Waals surface area contributed by atoms with Crippen molar-refractivity contribution in [2.24, 2.45) is 17.3 Å². The average molecular weight is 437 g/mol. The lowest BCUT2D eigenvalue weighted by Gasteiger charge is -2.41. The van der Waals surface area contributed by atoms with Crippen LogP contribution in [-0.2, 0) is 12.8 Å². The molecule has 0 spiro atoms. The summed E-state index contributed by atoms with van der Waals surface area (Å²) >= 11 is 0. The molecule has 180 valence electrons. The third kappa shape index (κ3) is 7.10. The minimum atomic E-state index is 0.316. The normalized spacial score (nSPS) is 20.2. The summed E-state index contributed by atoms with van der Waals surface area (Å²) in [7, 11) is 0. The summed E-state index contributed by atoms with van der Waals surface area (Å²) in [5.74, 6) is 1.88. The smallest absolute Gasteiger partial charge is 0.00594 e. The number of allylic oxidation sites excluding steroid dienone is 3. The van der Waals surface area contributed by atoms with Crippen LogP contribution in [0.4, 0.5) is 0 Å². The highest BCUT2D eigenvalue weighted by molar-refractivity contribution is 5.46. The van der Waals surface area contributed by atoms with E-state index in [4.69, 9.17) is 0 Å². The van der Waals surface area contributed by atoms with Crippen molar-refractivity contribution in [3.05, 3.63) is 58.2 Å². The fraction of sp³-hybridized carbons (Fsp3) is 0.688. The molecule has 0 saturated carbocycles. The van der Waals surface area contributed by atoms with Gasteiger partial charge in [0.2, 0.25) is 0 Å². The van der Waals surface area contributed by atoms with Crippen LogP contribution in [0.25, 0.3) is 0 Å². The van der Waals surface area contributed by atoms with Crippen LogP contribution in [-0.4, -0.2) is 0 Å². The molecule has 32 heavy (non-hydrogen) atoms. The molecule has 1 aromatic carbocycles. The molecule has 0 amide bonds. The van der Waals surface area contributed by atoms with Crippen LogP contribution >= 0.6 is 0 Å². The molecular formula is C32H52. The van der Waals surface area contributed by atoms with Gasteiger partial charge in [-0.15, -0.1) is 0 Å². The number of benzene rings is 1. The average Bonchev–Trinajstić information content (AvgIpc) is 2.70. The Bertz CT molecular complexity index is 770. The van der Waals surface area contributed by atoms with Crippen molar-refractivity contribution in [1.82, 2.24) is 0 Å². The van der Waals surface area contributed by atoms with Crippen LogP contribution in [0.2, 0.25) is 0 Å². The lowest BCUT2D eigenvalue weighted by molar-refractivity contribution is 0.197. The van der Waals surface area contributed by atoms with Crippen LogP contribution < -0.4 is 0 Å². The van der Waals surface area contributed by atoms with Gasteiger partial charge < -0.3 is 0 Å². The van der Waals surface area contributed by atoms with E-state index in [1.807, 2.05) is 0 Å². The maximum atomic E-state index is 4.66. The Morgan fingerprint density at radius 2 is 1.78 bits per heavy atom. The van der Waals surface area contributed by atoms with E-state index in [0.717, 1.165) is 6.42 Å². The standard InChI is InChI=1S/C32H52/c1-10-13-14-16-27(12-3)24(5)21-28-22-26(15-11-2)20-25(6)31(28)29-19-23(4)17-18-30(29)32(7,8)9/h19-20,22,27,29-30H,5,10-18,21H2,1-4,6-9H3. The van der Waals surface area contributed by atoms with E-state index in [9.17, 15) is 0 Å². The van der Waals surface area contributed by atoms with Gasteiger partial charge in [0.25, 0.3) is 0 Å². The number of unbranched alkanes of at least 4 members (excludes halogenated alkanes) is 2. The highest BCUT2D eigenvalue weighted by Gasteiger charge is 2.35. The van der Waals surface area contributed by atoms with Gasteiger partial charge in [0.15, 0.2) is 0 Å². The number of rotatable bonds is 11. The molecule has 1 aromatic rings. The molecule has 0 heteroatoms. The summed E-state index contributed by atoms with van der Waals surface area (Å²) in [4.78, 5) is 0. The summed E-state index contributed by atoms with van der Waals surface area (Å²) in [5, 5.41) is 0. The zero-order chi connectivity index (χ0) is 23.9.